The summed E-state index contributed by atoms with van der Waals surface area (Å²) in [6.07, 6.45) is 9.52. The summed E-state index contributed by atoms with van der Waals surface area (Å²) in [5.41, 5.74) is 1.40. The minimum atomic E-state index is 0.646. The van der Waals surface area contributed by atoms with E-state index in [1.807, 2.05) is 12.4 Å². The van der Waals surface area contributed by atoms with Crippen LogP contribution in [0.2, 0.25) is 0 Å². The zero-order chi connectivity index (χ0) is 11.7. The summed E-state index contributed by atoms with van der Waals surface area (Å²) in [5, 5.41) is 0. The van der Waals surface area contributed by atoms with Crippen molar-refractivity contribution in [1.82, 2.24) is 9.88 Å². The first-order valence-electron chi connectivity index (χ1n) is 6.97. The molecule has 0 N–H and O–H groups in total. The zero-order valence-electron chi connectivity index (χ0n) is 10.7. The van der Waals surface area contributed by atoms with E-state index in [1.165, 1.54) is 44.3 Å². The Labute approximate surface area is 104 Å². The molecule has 0 spiro atoms. The SMILES string of the molecule is CC(CC1CC2CCN1CC2)c1cccnc1. The van der Waals surface area contributed by atoms with Crippen molar-refractivity contribution in [3.8, 4) is 0 Å². The fraction of sp³-hybridized carbons (Fsp3) is 0.667. The number of aromatic nitrogens is 1. The molecule has 1 aromatic heterocycles. The number of nitrogens with zero attached hydrogens (tertiary/aromatic N) is 2. The molecule has 0 aromatic carbocycles. The topological polar surface area (TPSA) is 16.1 Å². The van der Waals surface area contributed by atoms with Crippen molar-refractivity contribution in [2.75, 3.05) is 13.1 Å². The lowest BCUT2D eigenvalue weighted by atomic mass is 9.79. The molecule has 3 aliphatic rings. The summed E-state index contributed by atoms with van der Waals surface area (Å²) in [5.74, 6) is 1.67. The molecule has 3 aliphatic heterocycles. The molecular formula is C15H22N2. The summed E-state index contributed by atoms with van der Waals surface area (Å²) < 4.78 is 0. The van der Waals surface area contributed by atoms with Crippen LogP contribution in [-0.2, 0) is 0 Å². The van der Waals surface area contributed by atoms with E-state index in [-0.39, 0.29) is 0 Å². The lowest BCUT2D eigenvalue weighted by Crippen LogP contribution is -2.48. The van der Waals surface area contributed by atoms with E-state index in [0.717, 1.165) is 12.0 Å². The summed E-state index contributed by atoms with van der Waals surface area (Å²) in [6.45, 7) is 5.03. The lowest BCUT2D eigenvalue weighted by molar-refractivity contribution is 0.0422. The predicted molar refractivity (Wildman–Crippen MR) is 70.0 cm³/mol. The van der Waals surface area contributed by atoms with Crippen molar-refractivity contribution in [1.29, 1.82) is 0 Å². The van der Waals surface area contributed by atoms with Crippen molar-refractivity contribution in [3.05, 3.63) is 30.1 Å². The van der Waals surface area contributed by atoms with E-state index >= 15 is 0 Å². The molecular weight excluding hydrogens is 208 g/mol. The third-order valence-corrected chi connectivity index (χ3v) is 4.65. The van der Waals surface area contributed by atoms with Gasteiger partial charge in [-0.15, -0.1) is 0 Å². The Morgan fingerprint density at radius 3 is 2.82 bits per heavy atom. The highest BCUT2D eigenvalue weighted by Gasteiger charge is 2.34. The van der Waals surface area contributed by atoms with Crippen LogP contribution in [0.25, 0.3) is 0 Å². The Kier molecular flexibility index (Phi) is 3.15. The second-order valence-electron chi connectivity index (χ2n) is 5.79. The first-order chi connectivity index (χ1) is 8.33. The van der Waals surface area contributed by atoms with Gasteiger partial charge in [-0.05, 0) is 62.2 Å². The Balaban J connectivity index is 1.64. The maximum Gasteiger partial charge on any atom is 0.0302 e. The van der Waals surface area contributed by atoms with E-state index in [0.29, 0.717) is 5.92 Å². The molecule has 3 saturated heterocycles. The summed E-state index contributed by atoms with van der Waals surface area (Å²) in [7, 11) is 0. The van der Waals surface area contributed by atoms with Gasteiger partial charge in [-0.2, -0.15) is 0 Å². The van der Waals surface area contributed by atoms with Crippen molar-refractivity contribution in [2.45, 2.75) is 44.6 Å². The first-order valence-corrected chi connectivity index (χ1v) is 6.97. The van der Waals surface area contributed by atoms with Gasteiger partial charge in [0.1, 0.15) is 0 Å². The van der Waals surface area contributed by atoms with Crippen molar-refractivity contribution in [2.24, 2.45) is 5.92 Å². The summed E-state index contributed by atoms with van der Waals surface area (Å²) in [6, 6.07) is 5.10. The maximum absolute atomic E-state index is 4.23. The maximum atomic E-state index is 4.23. The fourth-order valence-corrected chi connectivity index (χ4v) is 3.54. The molecule has 17 heavy (non-hydrogen) atoms. The third kappa shape index (κ3) is 2.37. The van der Waals surface area contributed by atoms with Gasteiger partial charge in [0.15, 0.2) is 0 Å². The number of hydrogen-bond donors (Lipinski definition) is 0. The van der Waals surface area contributed by atoms with Crippen LogP contribution in [-0.4, -0.2) is 29.0 Å². The number of fused-ring (bicyclic) bond motifs is 3. The van der Waals surface area contributed by atoms with E-state index in [1.54, 1.807) is 0 Å². The smallest absolute Gasteiger partial charge is 0.0302 e. The minimum absolute atomic E-state index is 0.646. The summed E-state index contributed by atoms with van der Waals surface area (Å²) >= 11 is 0. The second kappa shape index (κ2) is 4.77. The molecule has 1 aromatic rings. The Morgan fingerprint density at radius 2 is 2.24 bits per heavy atom. The Bertz CT molecular complexity index is 354. The van der Waals surface area contributed by atoms with E-state index in [4.69, 9.17) is 0 Å². The number of pyridine rings is 1. The molecule has 4 heterocycles. The average molecular weight is 230 g/mol. The number of hydrogen-bond acceptors (Lipinski definition) is 2. The molecule has 4 rings (SSSR count). The minimum Gasteiger partial charge on any atom is -0.300 e. The molecule has 2 nitrogen and oxygen atoms in total. The van der Waals surface area contributed by atoms with Crippen LogP contribution in [0.15, 0.2) is 24.5 Å². The molecule has 2 atom stereocenters. The largest absolute Gasteiger partial charge is 0.300 e. The van der Waals surface area contributed by atoms with E-state index in [9.17, 15) is 0 Å². The molecule has 2 bridgehead atoms. The van der Waals surface area contributed by atoms with Crippen LogP contribution >= 0.6 is 0 Å². The van der Waals surface area contributed by atoms with Gasteiger partial charge in [0.25, 0.3) is 0 Å². The molecule has 3 fully saturated rings. The highest BCUT2D eigenvalue weighted by atomic mass is 15.2. The van der Waals surface area contributed by atoms with Crippen LogP contribution in [0.4, 0.5) is 0 Å². The van der Waals surface area contributed by atoms with Gasteiger partial charge < -0.3 is 4.90 Å². The number of rotatable bonds is 3. The van der Waals surface area contributed by atoms with Gasteiger partial charge in [0.2, 0.25) is 0 Å². The molecule has 2 unspecified atom stereocenters. The van der Waals surface area contributed by atoms with Gasteiger partial charge in [0, 0.05) is 18.4 Å². The van der Waals surface area contributed by atoms with Crippen molar-refractivity contribution >= 4 is 0 Å². The lowest BCUT2D eigenvalue weighted by Gasteiger charge is -2.46. The van der Waals surface area contributed by atoms with Crippen LogP contribution in [0.5, 0.6) is 0 Å². The molecule has 0 saturated carbocycles. The molecule has 0 aliphatic carbocycles. The Hall–Kier alpha value is -0.890. The van der Waals surface area contributed by atoms with Crippen molar-refractivity contribution < 1.29 is 0 Å². The molecule has 0 amide bonds. The van der Waals surface area contributed by atoms with Gasteiger partial charge >= 0.3 is 0 Å². The molecule has 92 valence electrons. The highest BCUT2D eigenvalue weighted by Crippen LogP contribution is 2.36. The normalized spacial score (nSPS) is 33.6. The van der Waals surface area contributed by atoms with Crippen LogP contribution in [0.1, 0.15) is 44.1 Å². The standard InChI is InChI=1S/C15H22N2/c1-12(14-3-2-6-16-11-14)9-15-10-13-4-7-17(15)8-5-13/h2-3,6,11-13,15H,4-5,7-10H2,1H3. The van der Waals surface area contributed by atoms with Crippen LogP contribution < -0.4 is 0 Å². The quantitative estimate of drug-likeness (QED) is 0.793. The second-order valence-corrected chi connectivity index (χ2v) is 5.79. The van der Waals surface area contributed by atoms with Gasteiger partial charge in [-0.25, -0.2) is 0 Å². The highest BCUT2D eigenvalue weighted by molar-refractivity contribution is 5.14. The Morgan fingerprint density at radius 1 is 1.41 bits per heavy atom. The fourth-order valence-electron chi connectivity index (χ4n) is 3.54. The number of piperidine rings is 3. The average Bonchev–Trinajstić information content (AvgIpc) is 2.41. The van der Waals surface area contributed by atoms with Gasteiger partial charge in [-0.3, -0.25) is 4.98 Å². The molecule has 0 radical (unpaired) electrons. The monoisotopic (exact) mass is 230 g/mol. The first kappa shape index (κ1) is 11.2. The van der Waals surface area contributed by atoms with Crippen LogP contribution in [0.3, 0.4) is 0 Å². The van der Waals surface area contributed by atoms with Crippen LogP contribution in [0, 0.1) is 5.92 Å². The van der Waals surface area contributed by atoms with Crippen molar-refractivity contribution in [3.63, 3.8) is 0 Å². The zero-order valence-corrected chi connectivity index (χ0v) is 10.7. The molecule has 2 heteroatoms. The third-order valence-electron chi connectivity index (χ3n) is 4.65. The summed E-state index contributed by atoms with van der Waals surface area (Å²) in [4.78, 5) is 6.95. The van der Waals surface area contributed by atoms with E-state index in [2.05, 4.69) is 28.9 Å². The predicted octanol–water partition coefficient (Wildman–Crippen LogP) is 3.06. The van der Waals surface area contributed by atoms with Gasteiger partial charge in [-0.1, -0.05) is 13.0 Å². The van der Waals surface area contributed by atoms with Gasteiger partial charge in [0.05, 0.1) is 0 Å². The van der Waals surface area contributed by atoms with E-state index < -0.39 is 0 Å².